The average molecular weight is 406 g/mol. The normalized spacial score (nSPS) is 12.4. The first-order valence-corrected chi connectivity index (χ1v) is 8.71. The van der Waals surface area contributed by atoms with Crippen molar-refractivity contribution in [2.75, 3.05) is 21.3 Å². The molecule has 0 saturated carbocycles. The highest BCUT2D eigenvalue weighted by Gasteiger charge is 2.39. The number of hydrogen-bond acceptors (Lipinski definition) is 9. The second kappa shape index (κ2) is 8.55. The van der Waals surface area contributed by atoms with E-state index in [1.165, 1.54) is 39.8 Å². The van der Waals surface area contributed by atoms with Crippen LogP contribution in [0.5, 0.6) is 11.8 Å². The predicted molar refractivity (Wildman–Crippen MR) is 105 cm³/mol. The molecular weight excluding hydrogens is 388 g/mol. The first kappa shape index (κ1) is 20.7. The van der Waals surface area contributed by atoms with Gasteiger partial charge in [0.2, 0.25) is 17.4 Å². The van der Waals surface area contributed by atoms with E-state index < -0.39 is 11.6 Å². The van der Waals surface area contributed by atoms with Gasteiger partial charge in [0.1, 0.15) is 6.07 Å². The van der Waals surface area contributed by atoms with Crippen molar-refractivity contribution in [2.45, 2.75) is 5.60 Å². The summed E-state index contributed by atoms with van der Waals surface area (Å²) >= 11 is 0. The molecule has 3 rings (SSSR count). The Hall–Kier alpha value is -4.03. The number of nitrogens with zero attached hydrogens (tertiary/aromatic N) is 4. The average Bonchev–Trinajstić information content (AvgIpc) is 2.82. The molecule has 0 radical (unpaired) electrons. The molecule has 9 heteroatoms. The summed E-state index contributed by atoms with van der Waals surface area (Å²) in [6.07, 6.45) is 2.85. The highest BCUT2D eigenvalue weighted by molar-refractivity contribution is 5.97. The number of hydrogen-bond donors (Lipinski definition) is 1. The van der Waals surface area contributed by atoms with E-state index in [1.807, 2.05) is 6.07 Å². The number of carbonyl (C=O) groups is 1. The van der Waals surface area contributed by atoms with Crippen LogP contribution in [0.4, 0.5) is 0 Å². The fourth-order valence-electron chi connectivity index (χ4n) is 2.94. The van der Waals surface area contributed by atoms with E-state index in [0.29, 0.717) is 11.1 Å². The molecule has 0 spiro atoms. The summed E-state index contributed by atoms with van der Waals surface area (Å²) in [7, 11) is 4.04. The Labute approximate surface area is 172 Å². The molecular formula is C21H18N4O5. The van der Waals surface area contributed by atoms with Crippen molar-refractivity contribution < 1.29 is 24.1 Å². The molecule has 3 aromatic rings. The lowest BCUT2D eigenvalue weighted by atomic mass is 9.86. The van der Waals surface area contributed by atoms with Crippen molar-refractivity contribution in [3.8, 4) is 29.0 Å². The lowest BCUT2D eigenvalue weighted by Crippen LogP contribution is -2.29. The van der Waals surface area contributed by atoms with Gasteiger partial charge < -0.3 is 19.3 Å². The minimum absolute atomic E-state index is 0.113. The third kappa shape index (κ3) is 3.64. The zero-order valence-electron chi connectivity index (χ0n) is 16.5. The van der Waals surface area contributed by atoms with E-state index in [0.717, 1.165) is 0 Å². The van der Waals surface area contributed by atoms with Gasteiger partial charge in [-0.15, -0.1) is 0 Å². The SMILES string of the molecule is COC(=O)c1cnccc1-c1ccccc1C(O)(C#N)c1nc(OC)cc(OC)n1. The summed E-state index contributed by atoms with van der Waals surface area (Å²) in [5.41, 5.74) is -1.09. The number of ether oxygens (including phenoxy) is 3. The lowest BCUT2D eigenvalue weighted by molar-refractivity contribution is 0.0601. The van der Waals surface area contributed by atoms with E-state index in [4.69, 9.17) is 14.2 Å². The van der Waals surface area contributed by atoms with Gasteiger partial charge in [0.15, 0.2) is 5.82 Å². The van der Waals surface area contributed by atoms with Crippen LogP contribution >= 0.6 is 0 Å². The Morgan fingerprint density at radius 1 is 1.07 bits per heavy atom. The van der Waals surface area contributed by atoms with Gasteiger partial charge in [-0.1, -0.05) is 24.3 Å². The lowest BCUT2D eigenvalue weighted by Gasteiger charge is -2.23. The molecule has 0 fully saturated rings. The molecule has 0 bridgehead atoms. The highest BCUT2D eigenvalue weighted by Crippen LogP contribution is 2.37. The van der Waals surface area contributed by atoms with Crippen LogP contribution in [-0.4, -0.2) is 47.4 Å². The molecule has 2 heterocycles. The Kier molecular flexibility index (Phi) is 5.90. The molecule has 0 amide bonds. The van der Waals surface area contributed by atoms with Crippen molar-refractivity contribution in [3.63, 3.8) is 0 Å². The van der Waals surface area contributed by atoms with Crippen molar-refractivity contribution in [2.24, 2.45) is 0 Å². The number of nitriles is 1. The number of aromatic nitrogens is 3. The first-order chi connectivity index (χ1) is 14.5. The summed E-state index contributed by atoms with van der Waals surface area (Å²) in [5.74, 6) is -0.612. The maximum atomic E-state index is 12.2. The van der Waals surface area contributed by atoms with E-state index in [1.54, 1.807) is 30.3 Å². The van der Waals surface area contributed by atoms with Gasteiger partial charge in [-0.25, -0.2) is 4.79 Å². The molecule has 0 aliphatic heterocycles. The van der Waals surface area contributed by atoms with Gasteiger partial charge in [0.25, 0.3) is 0 Å². The minimum Gasteiger partial charge on any atom is -0.481 e. The number of carbonyl (C=O) groups excluding carboxylic acids is 1. The van der Waals surface area contributed by atoms with Crippen LogP contribution in [-0.2, 0) is 10.3 Å². The van der Waals surface area contributed by atoms with Crippen LogP contribution in [0, 0.1) is 11.3 Å². The fourth-order valence-corrected chi connectivity index (χ4v) is 2.94. The Morgan fingerprint density at radius 2 is 1.73 bits per heavy atom. The van der Waals surface area contributed by atoms with Crippen LogP contribution in [0.1, 0.15) is 21.7 Å². The van der Waals surface area contributed by atoms with Gasteiger partial charge in [-0.3, -0.25) is 4.98 Å². The zero-order chi connectivity index (χ0) is 21.7. The topological polar surface area (TPSA) is 127 Å². The first-order valence-electron chi connectivity index (χ1n) is 8.71. The summed E-state index contributed by atoms with van der Waals surface area (Å²) in [6.45, 7) is 0. The molecule has 1 aromatic carbocycles. The monoisotopic (exact) mass is 406 g/mol. The van der Waals surface area contributed by atoms with E-state index >= 15 is 0 Å². The Bertz CT molecular complexity index is 1110. The van der Waals surface area contributed by atoms with Crippen LogP contribution in [0.2, 0.25) is 0 Å². The second-order valence-electron chi connectivity index (χ2n) is 6.06. The van der Waals surface area contributed by atoms with Crippen LogP contribution in [0.3, 0.4) is 0 Å². The summed E-state index contributed by atoms with van der Waals surface area (Å²) in [6, 6.07) is 11.5. The highest BCUT2D eigenvalue weighted by atomic mass is 16.5. The third-order valence-electron chi connectivity index (χ3n) is 4.42. The van der Waals surface area contributed by atoms with Crippen molar-refractivity contribution in [1.29, 1.82) is 5.26 Å². The maximum Gasteiger partial charge on any atom is 0.340 e. The fraction of sp³-hybridized carbons (Fsp3) is 0.190. The summed E-state index contributed by atoms with van der Waals surface area (Å²) in [4.78, 5) is 24.5. The summed E-state index contributed by atoms with van der Waals surface area (Å²) in [5, 5.41) is 21.4. The number of esters is 1. The smallest absolute Gasteiger partial charge is 0.340 e. The van der Waals surface area contributed by atoms with Gasteiger partial charge in [-0.05, 0) is 17.2 Å². The second-order valence-corrected chi connectivity index (χ2v) is 6.06. The quantitative estimate of drug-likeness (QED) is 0.483. The number of aliphatic hydroxyl groups is 1. The van der Waals surface area contributed by atoms with Crippen LogP contribution in [0.15, 0.2) is 48.8 Å². The Balaban J connectivity index is 2.28. The van der Waals surface area contributed by atoms with Crippen LogP contribution in [0.25, 0.3) is 11.1 Å². The van der Waals surface area contributed by atoms with Gasteiger partial charge in [0, 0.05) is 18.0 Å². The van der Waals surface area contributed by atoms with Crippen molar-refractivity contribution >= 4 is 5.97 Å². The van der Waals surface area contributed by atoms with E-state index in [9.17, 15) is 15.2 Å². The molecule has 0 aliphatic rings. The molecule has 1 N–H and O–H groups in total. The molecule has 1 atom stereocenters. The number of rotatable bonds is 6. The molecule has 9 nitrogen and oxygen atoms in total. The molecule has 2 aromatic heterocycles. The van der Waals surface area contributed by atoms with Gasteiger partial charge >= 0.3 is 5.97 Å². The predicted octanol–water partition coefficient (Wildman–Crippen LogP) is 2.10. The number of benzene rings is 1. The molecule has 0 aliphatic carbocycles. The minimum atomic E-state index is -2.27. The summed E-state index contributed by atoms with van der Waals surface area (Å²) < 4.78 is 15.1. The number of pyridine rings is 1. The van der Waals surface area contributed by atoms with E-state index in [2.05, 4.69) is 15.0 Å². The Morgan fingerprint density at radius 3 is 2.33 bits per heavy atom. The van der Waals surface area contributed by atoms with Gasteiger partial charge in [0.05, 0.1) is 33.0 Å². The zero-order valence-corrected chi connectivity index (χ0v) is 16.5. The molecule has 0 saturated heterocycles. The van der Waals surface area contributed by atoms with Crippen LogP contribution < -0.4 is 9.47 Å². The van der Waals surface area contributed by atoms with Gasteiger partial charge in [-0.2, -0.15) is 15.2 Å². The van der Waals surface area contributed by atoms with Crippen molar-refractivity contribution in [3.05, 3.63) is 65.7 Å². The third-order valence-corrected chi connectivity index (χ3v) is 4.42. The van der Waals surface area contributed by atoms with E-state index in [-0.39, 0.29) is 28.7 Å². The van der Waals surface area contributed by atoms with Crippen molar-refractivity contribution in [1.82, 2.24) is 15.0 Å². The number of methoxy groups -OCH3 is 3. The molecule has 30 heavy (non-hydrogen) atoms. The largest absolute Gasteiger partial charge is 0.481 e. The molecule has 152 valence electrons. The molecule has 1 unspecified atom stereocenters. The standard InChI is InChI=1S/C21H18N4O5/c1-28-17-10-18(29-2)25-20(24-17)21(27,12-22)16-7-5-4-6-14(16)13-8-9-23-11-15(13)19(26)30-3/h4-11,27H,1-3H3. The maximum absolute atomic E-state index is 12.2.